The van der Waals surface area contributed by atoms with Crippen molar-refractivity contribution in [2.75, 3.05) is 40.3 Å². The summed E-state index contributed by atoms with van der Waals surface area (Å²) < 4.78 is 0. The van der Waals surface area contributed by atoms with Crippen molar-refractivity contribution in [3.05, 3.63) is 11.6 Å². The van der Waals surface area contributed by atoms with E-state index in [2.05, 4.69) is 11.4 Å². The van der Waals surface area contributed by atoms with Gasteiger partial charge < -0.3 is 15.1 Å². The molecular weight excluding hydrogens is 278 g/mol. The molecule has 2 amide bonds. The second kappa shape index (κ2) is 8.32. The molecule has 1 aliphatic carbocycles. The lowest BCUT2D eigenvalue weighted by Crippen LogP contribution is -2.36. The molecule has 0 radical (unpaired) electrons. The first kappa shape index (κ1) is 17.0. The lowest BCUT2D eigenvalue weighted by molar-refractivity contribution is -0.129. The van der Waals surface area contributed by atoms with Crippen molar-refractivity contribution in [3.63, 3.8) is 0 Å². The van der Waals surface area contributed by atoms with Crippen LogP contribution in [0, 0.1) is 5.92 Å². The highest BCUT2D eigenvalue weighted by Crippen LogP contribution is 2.23. The third kappa shape index (κ3) is 5.13. The predicted molar refractivity (Wildman–Crippen MR) is 87.4 cm³/mol. The van der Waals surface area contributed by atoms with Crippen LogP contribution in [0.3, 0.4) is 0 Å². The average Bonchev–Trinajstić information content (AvgIpc) is 2.87. The van der Waals surface area contributed by atoms with Crippen LogP contribution in [-0.2, 0) is 9.59 Å². The lowest BCUT2D eigenvalue weighted by atomic mass is 9.97. The summed E-state index contributed by atoms with van der Waals surface area (Å²) in [6.07, 6.45) is 8.59. The van der Waals surface area contributed by atoms with Gasteiger partial charge in [0.05, 0.1) is 5.92 Å². The zero-order valence-corrected chi connectivity index (χ0v) is 13.9. The second-order valence-electron chi connectivity index (χ2n) is 6.69. The molecule has 0 aromatic heterocycles. The molecular formula is C17H29N3O2. The maximum absolute atomic E-state index is 12.1. The molecule has 0 aromatic carbocycles. The number of hydrogen-bond donors (Lipinski definition) is 1. The van der Waals surface area contributed by atoms with Crippen molar-refractivity contribution in [2.45, 2.75) is 38.5 Å². The maximum Gasteiger partial charge on any atom is 0.225 e. The van der Waals surface area contributed by atoms with Gasteiger partial charge in [0.25, 0.3) is 0 Å². The summed E-state index contributed by atoms with van der Waals surface area (Å²) in [6, 6.07) is 0. The highest BCUT2D eigenvalue weighted by atomic mass is 16.2. The first-order valence-electron chi connectivity index (χ1n) is 8.44. The topological polar surface area (TPSA) is 52.7 Å². The Balaban J connectivity index is 1.72. The zero-order valence-electron chi connectivity index (χ0n) is 13.9. The summed E-state index contributed by atoms with van der Waals surface area (Å²) in [5, 5.41) is 2.93. The number of rotatable bonds is 7. The fraction of sp³-hybridized carbons (Fsp3) is 0.765. The first-order chi connectivity index (χ1) is 10.6. The monoisotopic (exact) mass is 307 g/mol. The Morgan fingerprint density at radius 1 is 1.41 bits per heavy atom. The number of nitrogens with zero attached hydrogens (tertiary/aromatic N) is 2. The summed E-state index contributed by atoms with van der Waals surface area (Å²) in [5.74, 6) is -0.0197. The van der Waals surface area contributed by atoms with Crippen LogP contribution in [0.2, 0.25) is 0 Å². The van der Waals surface area contributed by atoms with Crippen LogP contribution in [0.5, 0.6) is 0 Å². The molecule has 2 rings (SSSR count). The number of likely N-dealkylation sites (N-methyl/N-ethyl adjacent to an activating group) is 1. The van der Waals surface area contributed by atoms with Gasteiger partial charge in [-0.3, -0.25) is 9.59 Å². The molecule has 1 heterocycles. The lowest BCUT2D eigenvalue weighted by Gasteiger charge is -2.19. The van der Waals surface area contributed by atoms with Crippen LogP contribution in [-0.4, -0.2) is 61.9 Å². The number of hydrogen-bond acceptors (Lipinski definition) is 3. The molecule has 5 heteroatoms. The normalized spacial score (nSPS) is 22.1. The second-order valence-corrected chi connectivity index (χ2v) is 6.69. The third-order valence-electron chi connectivity index (χ3n) is 4.53. The summed E-state index contributed by atoms with van der Waals surface area (Å²) in [6.45, 7) is 2.82. The van der Waals surface area contributed by atoms with Gasteiger partial charge in [0.15, 0.2) is 0 Å². The molecule has 1 saturated heterocycles. The zero-order chi connectivity index (χ0) is 15.9. The van der Waals surface area contributed by atoms with Crippen LogP contribution < -0.4 is 5.32 Å². The Labute approximate surface area is 133 Å². The Bertz CT molecular complexity index is 432. The molecule has 1 fully saturated rings. The molecule has 5 nitrogen and oxygen atoms in total. The molecule has 1 unspecified atom stereocenters. The van der Waals surface area contributed by atoms with Gasteiger partial charge in [-0.15, -0.1) is 0 Å². The van der Waals surface area contributed by atoms with Crippen LogP contribution in [0.4, 0.5) is 0 Å². The number of carbonyl (C=O) groups excluding carboxylic acids is 2. The summed E-state index contributed by atoms with van der Waals surface area (Å²) in [4.78, 5) is 28.1. The fourth-order valence-electron chi connectivity index (χ4n) is 3.12. The van der Waals surface area contributed by atoms with Crippen molar-refractivity contribution in [3.8, 4) is 0 Å². The van der Waals surface area contributed by atoms with E-state index in [1.165, 1.54) is 31.3 Å². The minimum Gasteiger partial charge on any atom is -0.355 e. The van der Waals surface area contributed by atoms with E-state index >= 15 is 0 Å². The van der Waals surface area contributed by atoms with Gasteiger partial charge in [-0.05, 0) is 46.2 Å². The van der Waals surface area contributed by atoms with Gasteiger partial charge in [-0.2, -0.15) is 0 Å². The largest absolute Gasteiger partial charge is 0.355 e. The smallest absolute Gasteiger partial charge is 0.225 e. The number of likely N-dealkylation sites (tertiary alicyclic amines) is 1. The average molecular weight is 307 g/mol. The minimum absolute atomic E-state index is 0.0228. The number of amides is 2. The number of nitrogens with one attached hydrogen (secondary N) is 1. The quantitative estimate of drug-likeness (QED) is 0.724. The van der Waals surface area contributed by atoms with Gasteiger partial charge in [-0.25, -0.2) is 0 Å². The molecule has 0 bridgehead atoms. The Morgan fingerprint density at radius 2 is 2.23 bits per heavy atom. The molecule has 1 atom stereocenters. The van der Waals surface area contributed by atoms with Crippen LogP contribution >= 0.6 is 0 Å². The van der Waals surface area contributed by atoms with Crippen molar-refractivity contribution in [1.82, 2.24) is 15.1 Å². The SMILES string of the molecule is CN(C)CCNC(=O)C1CC(=O)N(CCC2=CCCCC2)C1. The van der Waals surface area contributed by atoms with Gasteiger partial charge in [0, 0.05) is 32.6 Å². The van der Waals surface area contributed by atoms with Crippen LogP contribution in [0.1, 0.15) is 38.5 Å². The van der Waals surface area contributed by atoms with E-state index < -0.39 is 0 Å². The standard InChI is InChI=1S/C17H29N3O2/c1-19(2)11-9-18-17(22)15-12-16(21)20(13-15)10-8-14-6-4-3-5-7-14/h6,15H,3-5,7-13H2,1-2H3,(H,18,22). The molecule has 2 aliphatic rings. The number of allylic oxidation sites excluding steroid dienone is 1. The summed E-state index contributed by atoms with van der Waals surface area (Å²) >= 11 is 0. The Morgan fingerprint density at radius 3 is 2.91 bits per heavy atom. The molecule has 0 aromatic rings. The molecule has 1 aliphatic heterocycles. The van der Waals surface area contributed by atoms with Gasteiger partial charge >= 0.3 is 0 Å². The van der Waals surface area contributed by atoms with Crippen molar-refractivity contribution in [2.24, 2.45) is 5.92 Å². The van der Waals surface area contributed by atoms with Gasteiger partial charge in [-0.1, -0.05) is 11.6 Å². The summed E-state index contributed by atoms with van der Waals surface area (Å²) in [7, 11) is 3.96. The van der Waals surface area contributed by atoms with Gasteiger partial charge in [0.2, 0.25) is 11.8 Å². The van der Waals surface area contributed by atoms with E-state index in [4.69, 9.17) is 0 Å². The highest BCUT2D eigenvalue weighted by Gasteiger charge is 2.33. The molecule has 0 saturated carbocycles. The highest BCUT2D eigenvalue weighted by molar-refractivity contribution is 5.89. The van der Waals surface area contributed by atoms with E-state index in [-0.39, 0.29) is 17.7 Å². The summed E-state index contributed by atoms with van der Waals surface area (Å²) in [5.41, 5.74) is 1.48. The first-order valence-corrected chi connectivity index (χ1v) is 8.44. The van der Waals surface area contributed by atoms with Crippen molar-refractivity contribution < 1.29 is 9.59 Å². The molecule has 22 heavy (non-hydrogen) atoms. The number of carbonyl (C=O) groups is 2. The third-order valence-corrected chi connectivity index (χ3v) is 4.53. The fourth-order valence-corrected chi connectivity index (χ4v) is 3.12. The van der Waals surface area contributed by atoms with E-state index in [1.54, 1.807) is 0 Å². The maximum atomic E-state index is 12.1. The van der Waals surface area contributed by atoms with Crippen LogP contribution in [0.15, 0.2) is 11.6 Å². The van der Waals surface area contributed by atoms with E-state index in [0.29, 0.717) is 19.5 Å². The van der Waals surface area contributed by atoms with Crippen molar-refractivity contribution in [1.29, 1.82) is 0 Å². The molecule has 124 valence electrons. The van der Waals surface area contributed by atoms with Crippen molar-refractivity contribution >= 4 is 11.8 Å². The predicted octanol–water partition coefficient (Wildman–Crippen LogP) is 1.40. The van der Waals surface area contributed by atoms with E-state index in [9.17, 15) is 9.59 Å². The Hall–Kier alpha value is -1.36. The molecule has 0 spiro atoms. The molecule has 1 N–H and O–H groups in total. The van der Waals surface area contributed by atoms with Gasteiger partial charge in [0.1, 0.15) is 0 Å². The minimum atomic E-state index is -0.171. The Kier molecular flexibility index (Phi) is 6.43. The van der Waals surface area contributed by atoms with Crippen LogP contribution in [0.25, 0.3) is 0 Å². The van der Waals surface area contributed by atoms with E-state index in [1.807, 2.05) is 23.9 Å². The van der Waals surface area contributed by atoms with E-state index in [0.717, 1.165) is 19.5 Å².